The van der Waals surface area contributed by atoms with Crippen LogP contribution in [0.5, 0.6) is 5.75 Å². The number of hydrogen-bond acceptors (Lipinski definition) is 3. The molecule has 1 aromatic rings. The van der Waals surface area contributed by atoms with E-state index in [1.165, 1.54) is 5.56 Å². The van der Waals surface area contributed by atoms with Crippen molar-refractivity contribution < 1.29 is 4.74 Å². The fourth-order valence-electron chi connectivity index (χ4n) is 2.12. The zero-order valence-electron chi connectivity index (χ0n) is 14.5. The smallest absolute Gasteiger partial charge is 0.188 e. The van der Waals surface area contributed by atoms with E-state index in [0.29, 0.717) is 18.4 Å². The Kier molecular flexibility index (Phi) is 7.74. The summed E-state index contributed by atoms with van der Waals surface area (Å²) >= 11 is 0. The lowest BCUT2D eigenvalue weighted by atomic mass is 10.1. The van der Waals surface area contributed by atoms with Crippen LogP contribution >= 0.6 is 0 Å². The van der Waals surface area contributed by atoms with E-state index in [-0.39, 0.29) is 6.04 Å². The molecule has 0 aliphatic heterocycles. The minimum absolute atomic E-state index is 0.191. The van der Waals surface area contributed by atoms with Crippen molar-refractivity contribution in [3.63, 3.8) is 0 Å². The number of ether oxygens (including phenoxy) is 1. The number of benzene rings is 1. The molecule has 1 aromatic carbocycles. The van der Waals surface area contributed by atoms with Crippen LogP contribution < -0.4 is 15.8 Å². The number of nitrogens with one attached hydrogen (secondary N) is 1. The normalized spacial score (nSPS) is 13.5. The van der Waals surface area contributed by atoms with Crippen molar-refractivity contribution in [2.75, 3.05) is 34.3 Å². The molecule has 0 amide bonds. The van der Waals surface area contributed by atoms with E-state index >= 15 is 0 Å². The fourth-order valence-corrected chi connectivity index (χ4v) is 2.12. The van der Waals surface area contributed by atoms with Crippen LogP contribution in [-0.4, -0.2) is 45.2 Å². The van der Waals surface area contributed by atoms with Gasteiger partial charge in [-0.25, -0.2) is 0 Å². The predicted octanol–water partition coefficient (Wildman–Crippen LogP) is 2.25. The van der Waals surface area contributed by atoms with Gasteiger partial charge in [-0.1, -0.05) is 26.0 Å². The highest BCUT2D eigenvalue weighted by Gasteiger charge is 2.13. The van der Waals surface area contributed by atoms with Gasteiger partial charge in [0.15, 0.2) is 5.96 Å². The van der Waals surface area contributed by atoms with E-state index in [9.17, 15) is 0 Å². The zero-order chi connectivity index (χ0) is 16.5. The molecule has 1 atom stereocenters. The van der Waals surface area contributed by atoms with Crippen LogP contribution in [0.15, 0.2) is 29.3 Å². The zero-order valence-corrected chi connectivity index (χ0v) is 14.5. The highest BCUT2D eigenvalue weighted by molar-refractivity contribution is 5.77. The average molecular weight is 306 g/mol. The summed E-state index contributed by atoms with van der Waals surface area (Å²) in [4.78, 5) is 6.62. The average Bonchev–Trinajstić information content (AvgIpc) is 2.47. The van der Waals surface area contributed by atoms with Crippen molar-refractivity contribution in [1.82, 2.24) is 10.2 Å². The molecule has 0 aromatic heterocycles. The first-order chi connectivity index (χ1) is 10.4. The Bertz CT molecular complexity index is 454. The predicted molar refractivity (Wildman–Crippen MR) is 93.4 cm³/mol. The molecule has 5 heteroatoms. The summed E-state index contributed by atoms with van der Waals surface area (Å²) in [6.45, 7) is 5.88. The van der Waals surface area contributed by atoms with Gasteiger partial charge in [-0.05, 0) is 44.1 Å². The van der Waals surface area contributed by atoms with Crippen molar-refractivity contribution in [1.29, 1.82) is 0 Å². The second kappa shape index (κ2) is 9.30. The van der Waals surface area contributed by atoms with Gasteiger partial charge in [0.25, 0.3) is 0 Å². The number of likely N-dealkylation sites (N-methyl/N-ethyl adjacent to an activating group) is 1. The summed E-state index contributed by atoms with van der Waals surface area (Å²) in [6, 6.07) is 8.28. The first-order valence-electron chi connectivity index (χ1n) is 7.78. The molecule has 5 nitrogen and oxygen atoms in total. The molecule has 22 heavy (non-hydrogen) atoms. The van der Waals surface area contributed by atoms with Crippen LogP contribution in [0, 0.1) is 5.92 Å². The van der Waals surface area contributed by atoms with Crippen molar-refractivity contribution in [2.24, 2.45) is 16.6 Å². The summed E-state index contributed by atoms with van der Waals surface area (Å²) in [7, 11) is 5.77. The highest BCUT2D eigenvalue weighted by Crippen LogP contribution is 2.21. The Morgan fingerprint density at radius 2 is 1.91 bits per heavy atom. The maximum Gasteiger partial charge on any atom is 0.188 e. The summed E-state index contributed by atoms with van der Waals surface area (Å²) in [5.41, 5.74) is 7.13. The second-order valence-electron chi connectivity index (χ2n) is 6.09. The van der Waals surface area contributed by atoms with Gasteiger partial charge in [0.1, 0.15) is 5.75 Å². The standard InChI is InChI=1S/C17H30N4O/c1-13(2)10-11-19-17(18)20-12-16(21(3)4)14-6-8-15(22-5)9-7-14/h6-9,13,16H,10-12H2,1-5H3,(H3,18,19,20). The first-order valence-corrected chi connectivity index (χ1v) is 7.78. The molecule has 0 saturated heterocycles. The number of hydrogen-bond donors (Lipinski definition) is 2. The van der Waals surface area contributed by atoms with E-state index in [0.717, 1.165) is 18.7 Å². The lowest BCUT2D eigenvalue weighted by Crippen LogP contribution is -2.34. The number of aliphatic imine (C=N–C) groups is 1. The molecule has 0 heterocycles. The van der Waals surface area contributed by atoms with Crippen LogP contribution in [0.4, 0.5) is 0 Å². The summed E-state index contributed by atoms with van der Waals surface area (Å²) in [6.07, 6.45) is 1.09. The van der Waals surface area contributed by atoms with Crippen LogP contribution in [0.1, 0.15) is 31.9 Å². The molecular weight excluding hydrogens is 276 g/mol. The first kappa shape index (κ1) is 18.3. The summed E-state index contributed by atoms with van der Waals surface area (Å²) < 4.78 is 5.20. The number of guanidine groups is 1. The Hall–Kier alpha value is -1.75. The van der Waals surface area contributed by atoms with Crippen LogP contribution in [-0.2, 0) is 0 Å². The molecule has 0 spiro atoms. The Balaban J connectivity index is 2.63. The lowest BCUT2D eigenvalue weighted by molar-refractivity contribution is 0.306. The number of nitrogens with two attached hydrogens (primary N) is 1. The van der Waals surface area contributed by atoms with E-state index in [2.05, 4.69) is 41.2 Å². The number of rotatable bonds is 8. The van der Waals surface area contributed by atoms with Gasteiger partial charge in [0.2, 0.25) is 0 Å². The molecule has 0 bridgehead atoms. The van der Waals surface area contributed by atoms with E-state index in [4.69, 9.17) is 10.5 Å². The molecule has 1 unspecified atom stereocenters. The SMILES string of the molecule is COc1ccc(C(CN=C(N)NCCC(C)C)N(C)C)cc1. The van der Waals surface area contributed by atoms with Gasteiger partial charge >= 0.3 is 0 Å². The Morgan fingerprint density at radius 3 is 2.41 bits per heavy atom. The van der Waals surface area contributed by atoms with Crippen LogP contribution in [0.3, 0.4) is 0 Å². The summed E-state index contributed by atoms with van der Waals surface area (Å²) in [5, 5.41) is 3.17. The third-order valence-electron chi connectivity index (χ3n) is 3.59. The molecule has 0 radical (unpaired) electrons. The van der Waals surface area contributed by atoms with Crippen LogP contribution in [0.2, 0.25) is 0 Å². The maximum absolute atomic E-state index is 5.93. The molecule has 1 rings (SSSR count). The van der Waals surface area contributed by atoms with Crippen LogP contribution in [0.25, 0.3) is 0 Å². The monoisotopic (exact) mass is 306 g/mol. The summed E-state index contributed by atoms with van der Waals surface area (Å²) in [5.74, 6) is 2.04. The van der Waals surface area contributed by atoms with Gasteiger partial charge in [0, 0.05) is 6.54 Å². The molecule has 0 aliphatic rings. The minimum atomic E-state index is 0.191. The van der Waals surface area contributed by atoms with E-state index < -0.39 is 0 Å². The van der Waals surface area contributed by atoms with Gasteiger partial charge in [0.05, 0.1) is 19.7 Å². The highest BCUT2D eigenvalue weighted by atomic mass is 16.5. The molecule has 124 valence electrons. The lowest BCUT2D eigenvalue weighted by Gasteiger charge is -2.23. The molecule has 0 aliphatic carbocycles. The largest absolute Gasteiger partial charge is 0.497 e. The minimum Gasteiger partial charge on any atom is -0.497 e. The van der Waals surface area contributed by atoms with Gasteiger partial charge < -0.3 is 20.7 Å². The van der Waals surface area contributed by atoms with Gasteiger partial charge in [-0.3, -0.25) is 4.99 Å². The van der Waals surface area contributed by atoms with Gasteiger partial charge in [-0.15, -0.1) is 0 Å². The van der Waals surface area contributed by atoms with Gasteiger partial charge in [-0.2, -0.15) is 0 Å². The fraction of sp³-hybridized carbons (Fsp3) is 0.588. The second-order valence-corrected chi connectivity index (χ2v) is 6.09. The third-order valence-corrected chi connectivity index (χ3v) is 3.59. The molecular formula is C17H30N4O. The van der Waals surface area contributed by atoms with Crippen molar-refractivity contribution >= 4 is 5.96 Å². The van der Waals surface area contributed by atoms with E-state index in [1.54, 1.807) is 7.11 Å². The molecule has 0 fully saturated rings. The van der Waals surface area contributed by atoms with Crippen molar-refractivity contribution in [2.45, 2.75) is 26.3 Å². The number of nitrogens with zero attached hydrogens (tertiary/aromatic N) is 2. The van der Waals surface area contributed by atoms with Crippen molar-refractivity contribution in [3.05, 3.63) is 29.8 Å². The van der Waals surface area contributed by atoms with E-state index in [1.807, 2.05) is 26.2 Å². The third kappa shape index (κ3) is 6.35. The topological polar surface area (TPSA) is 62.9 Å². The molecule has 0 saturated carbocycles. The number of methoxy groups -OCH3 is 1. The maximum atomic E-state index is 5.93. The Labute approximate surface area is 134 Å². The Morgan fingerprint density at radius 1 is 1.27 bits per heavy atom. The quantitative estimate of drug-likeness (QED) is 0.571. The molecule has 3 N–H and O–H groups in total. The van der Waals surface area contributed by atoms with Crippen molar-refractivity contribution in [3.8, 4) is 5.75 Å².